The van der Waals surface area contributed by atoms with Crippen molar-refractivity contribution < 1.29 is 36.7 Å². The molecule has 0 aliphatic carbocycles. The second-order valence-corrected chi connectivity index (χ2v) is 6.86. The summed E-state index contributed by atoms with van der Waals surface area (Å²) >= 11 is 0. The van der Waals surface area contributed by atoms with Gasteiger partial charge in [0, 0.05) is 11.1 Å². The molecular weight excluding hydrogens is 445 g/mol. The number of carbonyl (C=O) groups is 3. The van der Waals surface area contributed by atoms with Gasteiger partial charge in [0.2, 0.25) is 0 Å². The van der Waals surface area contributed by atoms with Gasteiger partial charge < -0.3 is 14.5 Å². The van der Waals surface area contributed by atoms with Crippen molar-refractivity contribution in [1.82, 2.24) is 10.6 Å². The van der Waals surface area contributed by atoms with E-state index in [1.54, 1.807) is 42.6 Å². The maximum atomic E-state index is 12.8. The van der Waals surface area contributed by atoms with E-state index in [0.717, 1.165) is 0 Å². The predicted molar refractivity (Wildman–Crippen MR) is 111 cm³/mol. The number of amides is 3. The zero-order chi connectivity index (χ0) is 24.2. The number of benzene rings is 2. The highest BCUT2D eigenvalue weighted by Crippen LogP contribution is 2.27. The normalized spacial score (nSPS) is 11.2. The third kappa shape index (κ3) is 5.76. The number of hydrogen-bond donors (Lipinski definition) is 2. The van der Waals surface area contributed by atoms with Crippen molar-refractivity contribution in [3.05, 3.63) is 69.9 Å². The minimum atomic E-state index is -4.65. The van der Waals surface area contributed by atoms with Gasteiger partial charge >= 0.3 is 18.2 Å². The fourth-order valence-corrected chi connectivity index (χ4v) is 2.93. The molecule has 0 atom stereocenters. The van der Waals surface area contributed by atoms with Gasteiger partial charge in [0.1, 0.15) is 17.9 Å². The van der Waals surface area contributed by atoms with Crippen molar-refractivity contribution in [2.45, 2.75) is 13.1 Å². The lowest BCUT2D eigenvalue weighted by Gasteiger charge is -2.11. The summed E-state index contributed by atoms with van der Waals surface area (Å²) in [6, 6.07) is 11.6. The van der Waals surface area contributed by atoms with Gasteiger partial charge in [-0.1, -0.05) is 36.4 Å². The van der Waals surface area contributed by atoms with Gasteiger partial charge in [0.05, 0.1) is 5.39 Å². The molecule has 0 bridgehead atoms. The highest BCUT2D eigenvalue weighted by Gasteiger charge is 2.28. The number of alkyl halides is 3. The third-order valence-electron chi connectivity index (χ3n) is 4.44. The van der Waals surface area contributed by atoms with Crippen molar-refractivity contribution >= 4 is 28.9 Å². The van der Waals surface area contributed by atoms with E-state index in [1.165, 1.54) is 23.5 Å². The van der Waals surface area contributed by atoms with E-state index in [-0.39, 0.29) is 27.7 Å². The summed E-state index contributed by atoms with van der Waals surface area (Å²) in [4.78, 5) is 48.4. The summed E-state index contributed by atoms with van der Waals surface area (Å²) in [6.07, 6.45) is -4.65. The number of esters is 1. The van der Waals surface area contributed by atoms with Gasteiger partial charge in [0.15, 0.2) is 17.6 Å². The lowest BCUT2D eigenvalue weighted by molar-refractivity contribution is -0.125. The zero-order valence-electron chi connectivity index (χ0n) is 17.1. The van der Waals surface area contributed by atoms with Crippen LogP contribution in [0.15, 0.2) is 57.7 Å². The van der Waals surface area contributed by atoms with E-state index < -0.39 is 37.2 Å². The summed E-state index contributed by atoms with van der Waals surface area (Å²) < 4.78 is 47.0. The second-order valence-electron chi connectivity index (χ2n) is 6.86. The van der Waals surface area contributed by atoms with Crippen molar-refractivity contribution in [2.24, 2.45) is 0 Å². The number of nitrogens with one attached hydrogen (secondary N) is 2. The number of imide groups is 1. The summed E-state index contributed by atoms with van der Waals surface area (Å²) in [5, 5.41) is 3.17. The summed E-state index contributed by atoms with van der Waals surface area (Å²) in [5.41, 5.74) is 0.394. The maximum absolute atomic E-state index is 12.8. The van der Waals surface area contributed by atoms with Crippen LogP contribution in [-0.4, -0.2) is 37.2 Å². The monoisotopic (exact) mass is 462 g/mol. The van der Waals surface area contributed by atoms with Crippen molar-refractivity contribution in [3.63, 3.8) is 0 Å². The molecule has 3 aromatic rings. The quantitative estimate of drug-likeness (QED) is 0.563. The SMILES string of the molecule is Cc1c(-c2ccccc2)oc2c(C(=O)OCC(=O)NC(=O)NCC(F)(F)F)cccc2c1=O. The molecule has 3 amide bonds. The Morgan fingerprint density at radius 2 is 1.73 bits per heavy atom. The van der Waals surface area contributed by atoms with Crippen LogP contribution >= 0.6 is 0 Å². The molecule has 0 unspecified atom stereocenters. The van der Waals surface area contributed by atoms with Crippen molar-refractivity contribution in [3.8, 4) is 11.3 Å². The molecule has 1 aromatic heterocycles. The van der Waals surface area contributed by atoms with Gasteiger partial charge in [-0.15, -0.1) is 0 Å². The summed E-state index contributed by atoms with van der Waals surface area (Å²) in [7, 11) is 0. The minimum absolute atomic E-state index is 0.0553. The van der Waals surface area contributed by atoms with Crippen molar-refractivity contribution in [2.75, 3.05) is 13.2 Å². The molecule has 8 nitrogen and oxygen atoms in total. The molecular formula is C22H17F3N2O6. The van der Waals surface area contributed by atoms with E-state index in [1.807, 2.05) is 0 Å². The Kier molecular flexibility index (Phi) is 6.80. The highest BCUT2D eigenvalue weighted by molar-refractivity contribution is 6.03. The molecule has 0 spiro atoms. The van der Waals surface area contributed by atoms with Crippen LogP contribution in [0.25, 0.3) is 22.3 Å². The number of urea groups is 1. The molecule has 33 heavy (non-hydrogen) atoms. The lowest BCUT2D eigenvalue weighted by Crippen LogP contribution is -2.44. The molecule has 0 aliphatic rings. The number of rotatable bonds is 5. The fraction of sp³-hybridized carbons (Fsp3) is 0.182. The maximum Gasteiger partial charge on any atom is 0.405 e. The largest absolute Gasteiger partial charge is 0.455 e. The van der Waals surface area contributed by atoms with Crippen LogP contribution in [0.5, 0.6) is 0 Å². The van der Waals surface area contributed by atoms with Crippen LogP contribution < -0.4 is 16.1 Å². The Labute approximate surface area is 184 Å². The Balaban J connectivity index is 1.79. The molecule has 172 valence electrons. The molecule has 0 radical (unpaired) electrons. The van der Waals surface area contributed by atoms with E-state index in [2.05, 4.69) is 0 Å². The lowest BCUT2D eigenvalue weighted by atomic mass is 10.0. The number of fused-ring (bicyclic) bond motifs is 1. The third-order valence-corrected chi connectivity index (χ3v) is 4.44. The molecule has 11 heteroatoms. The van der Waals surface area contributed by atoms with Crippen LogP contribution in [0.3, 0.4) is 0 Å². The molecule has 1 heterocycles. The molecule has 0 fully saturated rings. The first kappa shape index (κ1) is 23.5. The number of ether oxygens (including phenoxy) is 1. The predicted octanol–water partition coefficient (Wildman–Crippen LogP) is 3.31. The Morgan fingerprint density at radius 3 is 2.39 bits per heavy atom. The zero-order valence-corrected chi connectivity index (χ0v) is 17.1. The number of hydrogen-bond acceptors (Lipinski definition) is 6. The first-order valence-electron chi connectivity index (χ1n) is 9.50. The molecule has 0 saturated heterocycles. The first-order valence-corrected chi connectivity index (χ1v) is 9.50. The molecule has 2 aromatic carbocycles. The topological polar surface area (TPSA) is 115 Å². The van der Waals surface area contributed by atoms with E-state index in [0.29, 0.717) is 11.1 Å². The van der Waals surface area contributed by atoms with Crippen LogP contribution in [0, 0.1) is 6.92 Å². The summed E-state index contributed by atoms with van der Waals surface area (Å²) in [6.45, 7) is -0.993. The number of carbonyl (C=O) groups excluding carboxylic acids is 3. The second kappa shape index (κ2) is 9.55. The number of para-hydroxylation sites is 1. The Morgan fingerprint density at radius 1 is 1.03 bits per heavy atom. The molecule has 2 N–H and O–H groups in total. The average molecular weight is 462 g/mol. The first-order chi connectivity index (χ1) is 15.6. The van der Waals surface area contributed by atoms with Crippen LogP contribution in [0.4, 0.5) is 18.0 Å². The molecule has 0 saturated carbocycles. The van der Waals surface area contributed by atoms with E-state index in [9.17, 15) is 32.3 Å². The van der Waals surface area contributed by atoms with E-state index in [4.69, 9.17) is 9.15 Å². The Hall–Kier alpha value is -4.15. The van der Waals surface area contributed by atoms with Crippen molar-refractivity contribution in [1.29, 1.82) is 0 Å². The van der Waals surface area contributed by atoms with Gasteiger partial charge in [-0.25, -0.2) is 9.59 Å². The molecule has 3 rings (SSSR count). The Bertz CT molecular complexity index is 1270. The number of halogens is 3. The van der Waals surface area contributed by atoms with Gasteiger partial charge in [-0.05, 0) is 19.1 Å². The van der Waals surface area contributed by atoms with Crippen LogP contribution in [0.1, 0.15) is 15.9 Å². The molecule has 0 aliphatic heterocycles. The summed E-state index contributed by atoms with van der Waals surface area (Å²) in [5.74, 6) is -1.92. The van der Waals surface area contributed by atoms with Gasteiger partial charge in [-0.3, -0.25) is 14.9 Å². The van der Waals surface area contributed by atoms with Crippen LogP contribution in [-0.2, 0) is 9.53 Å². The van der Waals surface area contributed by atoms with Gasteiger partial charge in [0.25, 0.3) is 5.91 Å². The van der Waals surface area contributed by atoms with E-state index >= 15 is 0 Å². The van der Waals surface area contributed by atoms with Crippen LogP contribution in [0.2, 0.25) is 0 Å². The standard InChI is InChI=1S/C22H17F3N2O6/c1-12-17(29)14-8-5-9-15(19(14)33-18(12)13-6-3-2-4-7-13)20(30)32-10-16(28)27-21(31)26-11-22(23,24)25/h2-9H,10-11H2,1H3,(H2,26,27,28,31). The fourth-order valence-electron chi connectivity index (χ4n) is 2.93. The van der Waals surface area contributed by atoms with Gasteiger partial charge in [-0.2, -0.15) is 13.2 Å². The highest BCUT2D eigenvalue weighted by atomic mass is 19.4. The minimum Gasteiger partial charge on any atom is -0.455 e. The smallest absolute Gasteiger partial charge is 0.405 e. The average Bonchev–Trinajstić information content (AvgIpc) is 2.78.